The minimum Gasteiger partial charge on any atom is -0.314 e. The maximum atomic E-state index is 2.88. The van der Waals surface area contributed by atoms with Crippen LogP contribution >= 0.6 is 0 Å². The van der Waals surface area contributed by atoms with Crippen molar-refractivity contribution in [2.24, 2.45) is 0 Å². The van der Waals surface area contributed by atoms with Crippen molar-refractivity contribution in [3.05, 3.63) is 149 Å². The van der Waals surface area contributed by atoms with E-state index in [9.17, 15) is 0 Å². The number of hydrogen-bond acceptors (Lipinski definition) is 0. The highest BCUT2D eigenvalue weighted by atomic mass is 15.1. The van der Waals surface area contributed by atoms with Crippen LogP contribution in [0.5, 0.6) is 0 Å². The summed E-state index contributed by atoms with van der Waals surface area (Å²) in [5.74, 6) is 1.29. The highest BCUT2D eigenvalue weighted by Crippen LogP contribution is 2.61. The van der Waals surface area contributed by atoms with E-state index < -0.39 is 5.41 Å². The van der Waals surface area contributed by atoms with Crippen molar-refractivity contribution in [2.75, 3.05) is 0 Å². The van der Waals surface area contributed by atoms with Crippen LogP contribution in [0.25, 0.3) is 55.2 Å². The van der Waals surface area contributed by atoms with Gasteiger partial charge in [0.25, 0.3) is 6.71 Å². The lowest BCUT2D eigenvalue weighted by molar-refractivity contribution is 0.413. The quantitative estimate of drug-likeness (QED) is 0.160. The molecule has 6 aliphatic rings. The molecule has 0 unspecified atom stereocenters. The largest absolute Gasteiger partial charge is 0.314 e. The standard InChI is InChI=1S/C51H41BN2/c1-3-14-30(15-4-1)44-36-22-13-27-42-49(36)53(46(44)31-16-5-2-6-17-31)43-29-28-40-50-45(43)52(42)41-26-12-21-35-34-20-11-25-39(47(34)54(50)48(35)41)51(40)37-23-9-7-18-32(37)33-19-8-10-24-38(33)51/h7-13,18-31H,1-6,14-17H2. The van der Waals surface area contributed by atoms with Gasteiger partial charge in [-0.15, -0.1) is 0 Å². The summed E-state index contributed by atoms with van der Waals surface area (Å²) in [5, 5.41) is 4.33. The van der Waals surface area contributed by atoms with E-state index in [1.807, 2.05) is 0 Å². The number of rotatable bonds is 2. The molecule has 2 aromatic heterocycles. The fourth-order valence-corrected chi connectivity index (χ4v) is 13.4. The minimum atomic E-state index is -0.397. The lowest BCUT2D eigenvalue weighted by Crippen LogP contribution is -2.60. The molecule has 14 rings (SSSR count). The van der Waals surface area contributed by atoms with E-state index in [2.05, 4.69) is 124 Å². The van der Waals surface area contributed by atoms with Crippen LogP contribution in [0, 0.1) is 0 Å². The fraction of sp³-hybridized carbons (Fsp3) is 0.255. The summed E-state index contributed by atoms with van der Waals surface area (Å²) < 4.78 is 5.64. The lowest BCUT2D eigenvalue weighted by Gasteiger charge is -2.44. The second-order valence-electron chi connectivity index (χ2n) is 17.5. The van der Waals surface area contributed by atoms with Gasteiger partial charge in [0.2, 0.25) is 0 Å². The molecular formula is C51H41BN2. The SMILES string of the molecule is c1ccc2c(c1)-c1ccccc1C21c2ccc3c4c2-n2c5c(cccc5c5cccc1c52)B4c1cccc2c(C4CCCCC4)c(C4CCCCC4)n-3c12. The third-order valence-corrected chi connectivity index (χ3v) is 15.3. The zero-order chi connectivity index (χ0) is 34.9. The number of aromatic nitrogens is 2. The van der Waals surface area contributed by atoms with Crippen LogP contribution in [-0.4, -0.2) is 15.8 Å². The molecule has 0 radical (unpaired) electrons. The second kappa shape index (κ2) is 10.1. The smallest absolute Gasteiger partial charge is 0.252 e. The van der Waals surface area contributed by atoms with Gasteiger partial charge in [-0.3, -0.25) is 0 Å². The minimum absolute atomic E-state index is 0.186. The van der Waals surface area contributed by atoms with E-state index in [0.717, 1.165) is 0 Å². The van der Waals surface area contributed by atoms with Crippen LogP contribution < -0.4 is 16.4 Å². The molecule has 3 heteroatoms. The normalized spacial score (nSPS) is 18.7. The third kappa shape index (κ3) is 3.16. The Labute approximate surface area is 316 Å². The van der Waals surface area contributed by atoms with Crippen molar-refractivity contribution in [1.29, 1.82) is 0 Å². The Bertz CT molecular complexity index is 2930. The maximum absolute atomic E-state index is 2.88. The zero-order valence-electron chi connectivity index (χ0n) is 30.7. The molecule has 2 nitrogen and oxygen atoms in total. The molecular weight excluding hydrogens is 651 g/mol. The summed E-state index contributed by atoms with van der Waals surface area (Å²) in [7, 11) is 0. The molecule has 0 atom stereocenters. The summed E-state index contributed by atoms with van der Waals surface area (Å²) in [5.41, 5.74) is 23.2. The Balaban J connectivity index is 1.20. The topological polar surface area (TPSA) is 9.86 Å². The Morgan fingerprint density at radius 2 is 1.04 bits per heavy atom. The van der Waals surface area contributed by atoms with Gasteiger partial charge in [0.05, 0.1) is 10.9 Å². The van der Waals surface area contributed by atoms with Crippen molar-refractivity contribution in [3.63, 3.8) is 0 Å². The van der Waals surface area contributed by atoms with Crippen molar-refractivity contribution in [2.45, 2.75) is 81.5 Å². The molecule has 0 amide bonds. The van der Waals surface area contributed by atoms with E-state index in [-0.39, 0.29) is 6.71 Å². The first-order valence-corrected chi connectivity index (χ1v) is 21.0. The van der Waals surface area contributed by atoms with Crippen LogP contribution in [0.3, 0.4) is 0 Å². The van der Waals surface area contributed by atoms with Gasteiger partial charge in [-0.1, -0.05) is 148 Å². The van der Waals surface area contributed by atoms with Crippen molar-refractivity contribution in [1.82, 2.24) is 9.13 Å². The Morgan fingerprint density at radius 1 is 0.463 bits per heavy atom. The number of fused-ring (bicyclic) bond motifs is 11. The molecule has 8 aromatic rings. The molecule has 2 fully saturated rings. The van der Waals surface area contributed by atoms with Gasteiger partial charge in [-0.25, -0.2) is 0 Å². The highest BCUT2D eigenvalue weighted by Gasteiger charge is 2.54. The van der Waals surface area contributed by atoms with Crippen molar-refractivity contribution >= 4 is 55.8 Å². The van der Waals surface area contributed by atoms with Crippen molar-refractivity contribution in [3.8, 4) is 22.5 Å². The monoisotopic (exact) mass is 692 g/mol. The van der Waals surface area contributed by atoms with Crippen LogP contribution in [0.4, 0.5) is 0 Å². The summed E-state index contributed by atoms with van der Waals surface area (Å²) in [6.07, 6.45) is 13.5. The van der Waals surface area contributed by atoms with E-state index in [0.29, 0.717) is 11.8 Å². The molecule has 6 aromatic carbocycles. The highest BCUT2D eigenvalue weighted by molar-refractivity contribution is 7.00. The van der Waals surface area contributed by atoms with Gasteiger partial charge in [-0.2, -0.15) is 0 Å². The Kier molecular flexibility index (Phi) is 5.43. The zero-order valence-corrected chi connectivity index (χ0v) is 30.7. The molecule has 54 heavy (non-hydrogen) atoms. The average Bonchev–Trinajstić information content (AvgIpc) is 3.87. The predicted octanol–water partition coefficient (Wildman–Crippen LogP) is 10.6. The van der Waals surface area contributed by atoms with Crippen LogP contribution in [-0.2, 0) is 5.41 Å². The maximum Gasteiger partial charge on any atom is 0.252 e. The summed E-state index contributed by atoms with van der Waals surface area (Å²) in [4.78, 5) is 0. The number of hydrogen-bond donors (Lipinski definition) is 0. The molecule has 1 spiro atoms. The third-order valence-electron chi connectivity index (χ3n) is 15.3. The Morgan fingerprint density at radius 3 is 1.74 bits per heavy atom. The van der Waals surface area contributed by atoms with Crippen LogP contribution in [0.15, 0.2) is 115 Å². The van der Waals surface area contributed by atoms with E-state index >= 15 is 0 Å². The number of benzene rings is 6. The molecule has 5 heterocycles. The number of para-hydroxylation sites is 3. The van der Waals surface area contributed by atoms with Crippen LogP contribution in [0.2, 0.25) is 0 Å². The van der Waals surface area contributed by atoms with E-state index in [1.54, 1.807) is 16.6 Å². The van der Waals surface area contributed by atoms with Gasteiger partial charge in [0.15, 0.2) is 0 Å². The summed E-state index contributed by atoms with van der Waals surface area (Å²) in [6, 6.07) is 45.7. The molecule has 2 saturated carbocycles. The van der Waals surface area contributed by atoms with E-state index in [4.69, 9.17) is 0 Å². The molecule has 0 N–H and O–H groups in total. The first-order valence-electron chi connectivity index (χ1n) is 21.0. The first kappa shape index (κ1) is 29.1. The number of nitrogens with zero attached hydrogens (tertiary/aromatic N) is 2. The molecule has 3 aliphatic carbocycles. The van der Waals surface area contributed by atoms with E-state index in [1.165, 1.54) is 153 Å². The average molecular weight is 693 g/mol. The summed E-state index contributed by atoms with van der Waals surface area (Å²) >= 11 is 0. The molecule has 3 aliphatic heterocycles. The van der Waals surface area contributed by atoms with Gasteiger partial charge < -0.3 is 9.13 Å². The summed E-state index contributed by atoms with van der Waals surface area (Å²) in [6.45, 7) is 0.186. The molecule has 0 bridgehead atoms. The molecule has 258 valence electrons. The van der Waals surface area contributed by atoms with Crippen LogP contribution in [0.1, 0.15) is 110 Å². The molecule has 0 saturated heterocycles. The Hall–Kier alpha value is -5.28. The van der Waals surface area contributed by atoms with Gasteiger partial charge in [-0.05, 0) is 98.9 Å². The van der Waals surface area contributed by atoms with Gasteiger partial charge in [0, 0.05) is 44.3 Å². The lowest BCUT2D eigenvalue weighted by atomic mass is 9.33. The fourth-order valence-electron chi connectivity index (χ4n) is 13.4. The predicted molar refractivity (Wildman–Crippen MR) is 225 cm³/mol. The second-order valence-corrected chi connectivity index (χ2v) is 17.5. The van der Waals surface area contributed by atoms with Crippen molar-refractivity contribution < 1.29 is 0 Å². The first-order chi connectivity index (χ1) is 26.9. The van der Waals surface area contributed by atoms with Gasteiger partial charge >= 0.3 is 0 Å². The van der Waals surface area contributed by atoms with Gasteiger partial charge in [0.1, 0.15) is 0 Å².